The van der Waals surface area contributed by atoms with Gasteiger partial charge in [0.05, 0.1) is 15.7 Å². The van der Waals surface area contributed by atoms with Crippen molar-refractivity contribution >= 4 is 38.9 Å². The molecule has 21 heavy (non-hydrogen) atoms. The van der Waals surface area contributed by atoms with Crippen molar-refractivity contribution in [3.8, 4) is 0 Å². The van der Waals surface area contributed by atoms with E-state index in [1.807, 2.05) is 0 Å². The van der Waals surface area contributed by atoms with Gasteiger partial charge in [-0.3, -0.25) is 4.90 Å². The summed E-state index contributed by atoms with van der Waals surface area (Å²) >= 11 is 11.8. The van der Waals surface area contributed by atoms with Crippen molar-refractivity contribution in [2.45, 2.75) is 30.7 Å². The molecule has 1 saturated carbocycles. The molecule has 0 amide bonds. The van der Waals surface area contributed by atoms with Crippen molar-refractivity contribution in [1.82, 2.24) is 9.62 Å². The molecule has 1 fully saturated rings. The molecule has 1 aromatic rings. The van der Waals surface area contributed by atoms with E-state index in [0.717, 1.165) is 6.54 Å². The van der Waals surface area contributed by atoms with Gasteiger partial charge in [-0.05, 0) is 31.5 Å². The summed E-state index contributed by atoms with van der Waals surface area (Å²) in [4.78, 5) is 2.22. The van der Waals surface area contributed by atoms with E-state index in [1.54, 1.807) is 0 Å². The van der Waals surface area contributed by atoms with Gasteiger partial charge in [-0.2, -0.15) is 0 Å². The minimum atomic E-state index is -3.69. The number of anilines is 1. The first kappa shape index (κ1) is 16.8. The Labute approximate surface area is 135 Å². The number of hydrogen-bond donors (Lipinski definition) is 2. The molecule has 118 valence electrons. The molecule has 1 aliphatic carbocycles. The van der Waals surface area contributed by atoms with Crippen LogP contribution in [0.3, 0.4) is 0 Å². The lowest BCUT2D eigenvalue weighted by Crippen LogP contribution is -2.36. The van der Waals surface area contributed by atoms with Gasteiger partial charge in [-0.15, -0.1) is 0 Å². The van der Waals surface area contributed by atoms with Crippen LogP contribution in [0, 0.1) is 0 Å². The fraction of sp³-hybridized carbons (Fsp3) is 0.538. The molecule has 1 aliphatic rings. The second-order valence-corrected chi connectivity index (χ2v) is 7.55. The van der Waals surface area contributed by atoms with Crippen LogP contribution in [0.1, 0.15) is 19.8 Å². The molecule has 0 unspecified atom stereocenters. The molecule has 1 aromatic carbocycles. The van der Waals surface area contributed by atoms with Crippen LogP contribution in [0.2, 0.25) is 10.0 Å². The minimum absolute atomic E-state index is 0.0375. The van der Waals surface area contributed by atoms with Gasteiger partial charge in [0.25, 0.3) is 0 Å². The van der Waals surface area contributed by atoms with Crippen molar-refractivity contribution in [3.05, 3.63) is 22.2 Å². The third-order valence-corrected chi connectivity index (χ3v) is 5.89. The monoisotopic (exact) mass is 351 g/mol. The number of nitrogen functional groups attached to an aromatic ring is 1. The molecule has 0 atom stereocenters. The molecule has 0 heterocycles. The summed E-state index contributed by atoms with van der Waals surface area (Å²) in [5.41, 5.74) is 5.74. The van der Waals surface area contributed by atoms with Gasteiger partial charge >= 0.3 is 0 Å². The van der Waals surface area contributed by atoms with Gasteiger partial charge in [0.1, 0.15) is 4.90 Å². The second kappa shape index (κ2) is 6.71. The number of hydrogen-bond acceptors (Lipinski definition) is 4. The van der Waals surface area contributed by atoms with Crippen molar-refractivity contribution in [3.63, 3.8) is 0 Å². The zero-order valence-corrected chi connectivity index (χ0v) is 14.1. The highest BCUT2D eigenvalue weighted by molar-refractivity contribution is 7.89. The summed E-state index contributed by atoms with van der Waals surface area (Å²) in [6.45, 7) is 4.01. The predicted molar refractivity (Wildman–Crippen MR) is 86.3 cm³/mol. The standard InChI is InChI=1S/C13H19Cl2N3O2S/c1-2-18(9-3-4-9)8-7-17-21(19,20)11-6-5-10(14)13(16)12(11)15/h5-6,9,17H,2-4,7-8,16H2,1H3. The van der Waals surface area contributed by atoms with Gasteiger partial charge in [-0.1, -0.05) is 30.1 Å². The topological polar surface area (TPSA) is 75.4 Å². The number of nitrogens with zero attached hydrogens (tertiary/aromatic N) is 1. The summed E-state index contributed by atoms with van der Waals surface area (Å²) in [5, 5.41) is 0.203. The summed E-state index contributed by atoms with van der Waals surface area (Å²) in [6, 6.07) is 3.40. The SMILES string of the molecule is CCN(CCNS(=O)(=O)c1ccc(Cl)c(N)c1Cl)C1CC1. The highest BCUT2D eigenvalue weighted by Crippen LogP contribution is 2.33. The molecule has 3 N–H and O–H groups in total. The first-order valence-electron chi connectivity index (χ1n) is 6.84. The molecule has 0 radical (unpaired) electrons. The molecule has 0 bridgehead atoms. The van der Waals surface area contributed by atoms with Gasteiger partial charge in [0.15, 0.2) is 0 Å². The summed E-state index contributed by atoms with van der Waals surface area (Å²) < 4.78 is 27.1. The van der Waals surface area contributed by atoms with Crippen LogP contribution in [0.5, 0.6) is 0 Å². The molecular weight excluding hydrogens is 333 g/mol. The maximum atomic E-state index is 12.3. The van der Waals surface area contributed by atoms with E-state index in [9.17, 15) is 8.42 Å². The van der Waals surface area contributed by atoms with E-state index in [2.05, 4.69) is 16.5 Å². The maximum Gasteiger partial charge on any atom is 0.242 e. The number of likely N-dealkylation sites (N-methyl/N-ethyl adjacent to an activating group) is 1. The quantitative estimate of drug-likeness (QED) is 0.739. The molecule has 0 aliphatic heterocycles. The van der Waals surface area contributed by atoms with Crippen LogP contribution in [-0.4, -0.2) is 39.0 Å². The Morgan fingerprint density at radius 1 is 1.38 bits per heavy atom. The lowest BCUT2D eigenvalue weighted by atomic mass is 10.3. The van der Waals surface area contributed by atoms with Crippen LogP contribution in [0.25, 0.3) is 0 Å². The Morgan fingerprint density at radius 3 is 2.62 bits per heavy atom. The number of halogens is 2. The zero-order chi connectivity index (χ0) is 15.6. The van der Waals surface area contributed by atoms with E-state index in [4.69, 9.17) is 28.9 Å². The van der Waals surface area contributed by atoms with E-state index < -0.39 is 10.0 Å². The molecule has 5 nitrogen and oxygen atoms in total. The second-order valence-electron chi connectivity index (χ2n) is 5.03. The van der Waals surface area contributed by atoms with Crippen molar-refractivity contribution in [1.29, 1.82) is 0 Å². The largest absolute Gasteiger partial charge is 0.396 e. The van der Waals surface area contributed by atoms with Crippen LogP contribution in [0.15, 0.2) is 17.0 Å². The van der Waals surface area contributed by atoms with Crippen molar-refractivity contribution < 1.29 is 8.42 Å². The average Bonchev–Trinajstić information content (AvgIpc) is 3.25. The summed E-state index contributed by atoms with van der Waals surface area (Å²) in [7, 11) is -3.69. The molecular formula is C13H19Cl2N3O2S. The van der Waals surface area contributed by atoms with E-state index in [0.29, 0.717) is 19.1 Å². The Kier molecular flexibility index (Phi) is 5.38. The van der Waals surface area contributed by atoms with E-state index in [1.165, 1.54) is 25.0 Å². The first-order chi connectivity index (χ1) is 9.86. The van der Waals surface area contributed by atoms with Crippen molar-refractivity contribution in [2.24, 2.45) is 0 Å². The van der Waals surface area contributed by atoms with Crippen molar-refractivity contribution in [2.75, 3.05) is 25.4 Å². The summed E-state index contributed by atoms with van der Waals surface area (Å²) in [6.07, 6.45) is 2.39. The number of nitrogens with two attached hydrogens (primary N) is 1. The predicted octanol–water partition coefficient (Wildman–Crippen LogP) is 2.34. The van der Waals surface area contributed by atoms with Crippen LogP contribution < -0.4 is 10.5 Å². The fourth-order valence-electron chi connectivity index (χ4n) is 2.20. The van der Waals surface area contributed by atoms with Crippen LogP contribution in [0.4, 0.5) is 5.69 Å². The fourth-order valence-corrected chi connectivity index (χ4v) is 3.98. The Balaban J connectivity index is 2.03. The maximum absolute atomic E-state index is 12.3. The third-order valence-electron chi connectivity index (χ3n) is 3.54. The lowest BCUT2D eigenvalue weighted by Gasteiger charge is -2.20. The van der Waals surface area contributed by atoms with Gasteiger partial charge < -0.3 is 5.73 Å². The summed E-state index contributed by atoms with van der Waals surface area (Å²) in [5.74, 6) is 0. The third kappa shape index (κ3) is 4.02. The Hall–Kier alpha value is -0.530. The molecule has 0 aromatic heterocycles. The molecule has 8 heteroatoms. The van der Waals surface area contributed by atoms with Crippen LogP contribution >= 0.6 is 23.2 Å². The number of nitrogens with one attached hydrogen (secondary N) is 1. The van der Waals surface area contributed by atoms with E-state index in [-0.39, 0.29) is 20.6 Å². The zero-order valence-electron chi connectivity index (χ0n) is 11.8. The number of rotatable bonds is 7. The minimum Gasteiger partial charge on any atom is -0.396 e. The van der Waals surface area contributed by atoms with Gasteiger partial charge in [-0.25, -0.2) is 13.1 Å². The highest BCUT2D eigenvalue weighted by Gasteiger charge is 2.28. The highest BCUT2D eigenvalue weighted by atomic mass is 35.5. The molecule has 2 rings (SSSR count). The Morgan fingerprint density at radius 2 is 2.05 bits per heavy atom. The first-order valence-corrected chi connectivity index (χ1v) is 9.08. The average molecular weight is 352 g/mol. The Bertz CT molecular complexity index is 618. The van der Waals surface area contributed by atoms with E-state index >= 15 is 0 Å². The van der Waals surface area contributed by atoms with Gasteiger partial charge in [0.2, 0.25) is 10.0 Å². The molecule has 0 spiro atoms. The van der Waals surface area contributed by atoms with Crippen LogP contribution in [-0.2, 0) is 10.0 Å². The normalized spacial score (nSPS) is 15.6. The smallest absolute Gasteiger partial charge is 0.242 e. The number of sulfonamides is 1. The van der Waals surface area contributed by atoms with Gasteiger partial charge in [0, 0.05) is 19.1 Å². The lowest BCUT2D eigenvalue weighted by molar-refractivity contribution is 0.282. The molecule has 0 saturated heterocycles. The number of benzene rings is 1.